The van der Waals surface area contributed by atoms with Gasteiger partial charge in [-0.25, -0.2) is 4.39 Å². The lowest BCUT2D eigenvalue weighted by Gasteiger charge is -2.22. The van der Waals surface area contributed by atoms with Crippen molar-refractivity contribution in [3.8, 4) is 0 Å². The number of carbonyl (C=O) groups excluding carboxylic acids is 1. The topological polar surface area (TPSA) is 59.5 Å². The molecule has 2 aromatic rings. The number of aryl methyl sites for hydroxylation is 1. The Labute approximate surface area is 122 Å². The maximum absolute atomic E-state index is 13.4. The van der Waals surface area contributed by atoms with Gasteiger partial charge in [-0.15, -0.1) is 0 Å². The molecule has 110 valence electrons. The summed E-state index contributed by atoms with van der Waals surface area (Å²) in [5, 5.41) is 0. The second kappa shape index (κ2) is 5.24. The van der Waals surface area contributed by atoms with Crippen molar-refractivity contribution >= 4 is 11.6 Å². The first-order chi connectivity index (χ1) is 10.0. The third kappa shape index (κ3) is 2.91. The fraction of sp³-hybridized carbons (Fsp3) is 0.312. The van der Waals surface area contributed by atoms with Crippen LogP contribution in [0.2, 0.25) is 0 Å². The molecule has 1 aliphatic rings. The van der Waals surface area contributed by atoms with E-state index in [1.807, 2.05) is 19.1 Å². The molecule has 21 heavy (non-hydrogen) atoms. The van der Waals surface area contributed by atoms with E-state index < -0.39 is 5.82 Å². The highest BCUT2D eigenvalue weighted by Gasteiger charge is 2.34. The van der Waals surface area contributed by atoms with Crippen LogP contribution < -0.4 is 5.73 Å². The molecule has 1 heterocycles. The molecule has 0 spiro atoms. The summed E-state index contributed by atoms with van der Waals surface area (Å²) in [6.45, 7) is 2.24. The number of anilines is 1. The minimum absolute atomic E-state index is 0.186. The van der Waals surface area contributed by atoms with E-state index in [1.54, 1.807) is 4.90 Å². The summed E-state index contributed by atoms with van der Waals surface area (Å²) in [4.78, 5) is 14.4. The SMILES string of the molecule is Cc1ccc(CN(C(=O)c2cc(F)ccc2N)C2CC2)o1. The monoisotopic (exact) mass is 288 g/mol. The van der Waals surface area contributed by atoms with Gasteiger partial charge in [0, 0.05) is 11.7 Å². The van der Waals surface area contributed by atoms with E-state index in [0.29, 0.717) is 12.2 Å². The molecule has 1 fully saturated rings. The molecule has 0 bridgehead atoms. The Hall–Kier alpha value is -2.30. The van der Waals surface area contributed by atoms with Crippen molar-refractivity contribution < 1.29 is 13.6 Å². The molecule has 1 aliphatic carbocycles. The van der Waals surface area contributed by atoms with Crippen molar-refractivity contribution in [2.24, 2.45) is 0 Å². The first-order valence-corrected chi connectivity index (χ1v) is 6.96. The van der Waals surface area contributed by atoms with Crippen LogP contribution in [0.4, 0.5) is 10.1 Å². The van der Waals surface area contributed by atoms with Crippen molar-refractivity contribution in [2.75, 3.05) is 5.73 Å². The second-order valence-corrected chi connectivity index (χ2v) is 5.41. The number of hydrogen-bond acceptors (Lipinski definition) is 3. The van der Waals surface area contributed by atoms with Crippen molar-refractivity contribution in [1.82, 2.24) is 4.90 Å². The number of nitrogen functional groups attached to an aromatic ring is 1. The molecule has 0 radical (unpaired) electrons. The van der Waals surface area contributed by atoms with Gasteiger partial charge >= 0.3 is 0 Å². The molecule has 3 rings (SSSR count). The van der Waals surface area contributed by atoms with Crippen LogP contribution >= 0.6 is 0 Å². The van der Waals surface area contributed by atoms with Gasteiger partial charge in [-0.2, -0.15) is 0 Å². The van der Waals surface area contributed by atoms with Gasteiger partial charge in [0.2, 0.25) is 0 Å². The van der Waals surface area contributed by atoms with E-state index in [-0.39, 0.29) is 17.5 Å². The maximum Gasteiger partial charge on any atom is 0.256 e. The van der Waals surface area contributed by atoms with Gasteiger partial charge in [0.05, 0.1) is 12.1 Å². The summed E-state index contributed by atoms with van der Waals surface area (Å²) >= 11 is 0. The summed E-state index contributed by atoms with van der Waals surface area (Å²) in [7, 11) is 0. The van der Waals surface area contributed by atoms with Crippen LogP contribution in [0.1, 0.15) is 34.7 Å². The Morgan fingerprint density at radius 2 is 2.14 bits per heavy atom. The first kappa shape index (κ1) is 13.7. The Morgan fingerprint density at radius 3 is 2.76 bits per heavy atom. The number of hydrogen-bond donors (Lipinski definition) is 1. The number of furan rings is 1. The Morgan fingerprint density at radius 1 is 1.38 bits per heavy atom. The highest BCUT2D eigenvalue weighted by molar-refractivity contribution is 5.99. The van der Waals surface area contributed by atoms with Gasteiger partial charge < -0.3 is 15.1 Å². The zero-order valence-electron chi connectivity index (χ0n) is 11.8. The molecule has 1 aromatic heterocycles. The number of carbonyl (C=O) groups is 1. The van der Waals surface area contributed by atoms with Crippen LogP contribution in [0.25, 0.3) is 0 Å². The number of halogens is 1. The average Bonchev–Trinajstić information content (AvgIpc) is 3.21. The fourth-order valence-electron chi connectivity index (χ4n) is 2.36. The van der Waals surface area contributed by atoms with Crippen LogP contribution in [-0.2, 0) is 6.54 Å². The van der Waals surface area contributed by atoms with Crippen LogP contribution in [0, 0.1) is 12.7 Å². The summed E-state index contributed by atoms with van der Waals surface area (Å²) in [5.41, 5.74) is 6.32. The van der Waals surface area contributed by atoms with Gasteiger partial charge in [-0.05, 0) is 50.1 Å². The molecule has 0 atom stereocenters. The third-order valence-electron chi connectivity index (χ3n) is 3.62. The van der Waals surface area contributed by atoms with Gasteiger partial charge in [0.25, 0.3) is 5.91 Å². The van der Waals surface area contributed by atoms with E-state index >= 15 is 0 Å². The van der Waals surface area contributed by atoms with Crippen molar-refractivity contribution in [3.63, 3.8) is 0 Å². The largest absolute Gasteiger partial charge is 0.464 e. The van der Waals surface area contributed by atoms with E-state index in [4.69, 9.17) is 10.2 Å². The molecule has 0 aliphatic heterocycles. The average molecular weight is 288 g/mol. The highest BCUT2D eigenvalue weighted by atomic mass is 19.1. The van der Waals surface area contributed by atoms with Crippen molar-refractivity contribution in [1.29, 1.82) is 0 Å². The minimum Gasteiger partial charge on any atom is -0.464 e. The summed E-state index contributed by atoms with van der Waals surface area (Å²) in [6, 6.07) is 7.77. The summed E-state index contributed by atoms with van der Waals surface area (Å²) in [6.07, 6.45) is 1.92. The van der Waals surface area contributed by atoms with E-state index in [2.05, 4.69) is 0 Å². The Kier molecular flexibility index (Phi) is 3.41. The zero-order valence-corrected chi connectivity index (χ0v) is 11.8. The Bertz CT molecular complexity index is 677. The molecule has 4 nitrogen and oxygen atoms in total. The minimum atomic E-state index is -0.461. The lowest BCUT2D eigenvalue weighted by atomic mass is 10.1. The quantitative estimate of drug-likeness (QED) is 0.879. The van der Waals surface area contributed by atoms with E-state index in [9.17, 15) is 9.18 Å². The molecule has 5 heteroatoms. The molecular formula is C16H17FN2O2. The number of benzene rings is 1. The predicted molar refractivity (Wildman–Crippen MR) is 77.2 cm³/mol. The maximum atomic E-state index is 13.4. The Balaban J connectivity index is 1.86. The molecule has 0 unspecified atom stereocenters. The predicted octanol–water partition coefficient (Wildman–Crippen LogP) is 3.11. The van der Waals surface area contributed by atoms with E-state index in [1.165, 1.54) is 18.2 Å². The van der Waals surface area contributed by atoms with Crippen molar-refractivity contribution in [3.05, 3.63) is 53.2 Å². The molecular weight excluding hydrogens is 271 g/mol. The third-order valence-corrected chi connectivity index (χ3v) is 3.62. The number of nitrogens with two attached hydrogens (primary N) is 1. The number of amides is 1. The molecule has 2 N–H and O–H groups in total. The standard InChI is InChI=1S/C16H17FN2O2/c1-10-2-6-13(21-10)9-19(12-4-5-12)16(20)14-8-11(17)3-7-15(14)18/h2-3,6-8,12H,4-5,9,18H2,1H3. The van der Waals surface area contributed by atoms with Gasteiger partial charge in [0.15, 0.2) is 0 Å². The number of nitrogens with zero attached hydrogens (tertiary/aromatic N) is 1. The van der Waals surface area contributed by atoms with E-state index in [0.717, 1.165) is 24.4 Å². The lowest BCUT2D eigenvalue weighted by molar-refractivity contribution is 0.0717. The van der Waals surface area contributed by atoms with Gasteiger partial charge in [0.1, 0.15) is 17.3 Å². The lowest BCUT2D eigenvalue weighted by Crippen LogP contribution is -2.33. The number of rotatable bonds is 4. The molecule has 0 saturated heterocycles. The fourth-order valence-corrected chi connectivity index (χ4v) is 2.36. The second-order valence-electron chi connectivity index (χ2n) is 5.41. The summed E-state index contributed by atoms with van der Waals surface area (Å²) in [5.74, 6) is 0.821. The van der Waals surface area contributed by atoms with Crippen LogP contribution in [0.3, 0.4) is 0 Å². The normalized spacial score (nSPS) is 14.2. The highest BCUT2D eigenvalue weighted by Crippen LogP contribution is 2.31. The molecule has 1 amide bonds. The first-order valence-electron chi connectivity index (χ1n) is 6.96. The molecule has 1 aromatic carbocycles. The van der Waals surface area contributed by atoms with Crippen LogP contribution in [0.15, 0.2) is 34.7 Å². The summed E-state index contributed by atoms with van der Waals surface area (Å²) < 4.78 is 18.9. The van der Waals surface area contributed by atoms with Gasteiger partial charge in [-0.3, -0.25) is 4.79 Å². The van der Waals surface area contributed by atoms with Crippen molar-refractivity contribution in [2.45, 2.75) is 32.4 Å². The molecule has 1 saturated carbocycles. The van der Waals surface area contributed by atoms with Crippen LogP contribution in [-0.4, -0.2) is 16.8 Å². The zero-order chi connectivity index (χ0) is 15.0. The van der Waals surface area contributed by atoms with Crippen LogP contribution in [0.5, 0.6) is 0 Å². The smallest absolute Gasteiger partial charge is 0.256 e. The van der Waals surface area contributed by atoms with Gasteiger partial charge in [-0.1, -0.05) is 0 Å².